The fourth-order valence-corrected chi connectivity index (χ4v) is 3.10. The van der Waals surface area contributed by atoms with Gasteiger partial charge >= 0.3 is 0 Å². The van der Waals surface area contributed by atoms with Crippen LogP contribution >= 0.6 is 0 Å². The fourth-order valence-electron chi connectivity index (χ4n) is 1.62. The van der Waals surface area contributed by atoms with Crippen LogP contribution in [0.15, 0.2) is 29.2 Å². The van der Waals surface area contributed by atoms with Crippen molar-refractivity contribution in [1.82, 2.24) is 4.72 Å². The number of rotatable bonds is 6. The normalized spacial score (nSPS) is 12.7. The van der Waals surface area contributed by atoms with Gasteiger partial charge in [-0.15, -0.1) is 0 Å². The van der Waals surface area contributed by atoms with E-state index in [4.69, 9.17) is 5.11 Å². The molecule has 0 saturated carbocycles. The summed E-state index contributed by atoms with van der Waals surface area (Å²) in [5.41, 5.74) is 0.467. The minimum atomic E-state index is -3.47. The van der Waals surface area contributed by atoms with Crippen molar-refractivity contribution in [2.45, 2.75) is 32.1 Å². The molecule has 0 heterocycles. The van der Waals surface area contributed by atoms with E-state index in [9.17, 15) is 8.42 Å². The average Bonchev–Trinajstić information content (AvgIpc) is 2.27. The maximum Gasteiger partial charge on any atom is 0.240 e. The summed E-state index contributed by atoms with van der Waals surface area (Å²) >= 11 is 0. The van der Waals surface area contributed by atoms with E-state index < -0.39 is 10.0 Å². The highest BCUT2D eigenvalue weighted by Gasteiger charge is 2.22. The number of aliphatic hydroxyl groups is 1. The number of hydrogen-bond donors (Lipinski definition) is 2. The maximum atomic E-state index is 12.1. The van der Waals surface area contributed by atoms with Crippen LogP contribution in [-0.4, -0.2) is 26.7 Å². The van der Waals surface area contributed by atoms with Crippen molar-refractivity contribution < 1.29 is 13.5 Å². The molecule has 0 aromatic heterocycles. The first-order valence-electron chi connectivity index (χ1n) is 5.95. The van der Waals surface area contributed by atoms with Crippen molar-refractivity contribution in [3.63, 3.8) is 0 Å². The van der Waals surface area contributed by atoms with Gasteiger partial charge in [0.15, 0.2) is 0 Å². The minimum absolute atomic E-state index is 0.0547. The third-order valence-electron chi connectivity index (χ3n) is 2.91. The lowest BCUT2D eigenvalue weighted by atomic mass is 9.90. The number of aryl methyl sites for hydroxylation is 1. The molecule has 0 unspecified atom stereocenters. The molecular weight excluding hydrogens is 250 g/mol. The molecule has 0 radical (unpaired) electrons. The Morgan fingerprint density at radius 3 is 2.44 bits per heavy atom. The van der Waals surface area contributed by atoms with Crippen LogP contribution in [0.1, 0.15) is 25.8 Å². The Morgan fingerprint density at radius 1 is 1.28 bits per heavy atom. The highest BCUT2D eigenvalue weighted by Crippen LogP contribution is 2.20. The van der Waals surface area contributed by atoms with E-state index in [1.54, 1.807) is 25.1 Å². The first kappa shape index (κ1) is 15.1. The quantitative estimate of drug-likeness (QED) is 0.827. The molecule has 4 nitrogen and oxygen atoms in total. The van der Waals surface area contributed by atoms with E-state index in [0.717, 1.165) is 5.56 Å². The van der Waals surface area contributed by atoms with Crippen molar-refractivity contribution in [3.05, 3.63) is 29.8 Å². The van der Waals surface area contributed by atoms with Gasteiger partial charge in [0, 0.05) is 13.2 Å². The van der Waals surface area contributed by atoms with Gasteiger partial charge in [-0.25, -0.2) is 13.1 Å². The Balaban J connectivity index is 2.81. The molecule has 0 aliphatic heterocycles. The standard InChI is InChI=1S/C13H21NO3S/c1-11-6-4-5-7-12(11)18(16,17)14-10-13(2,3)8-9-15/h4-7,14-15H,8-10H2,1-3H3. The second-order valence-electron chi connectivity index (χ2n) is 5.23. The van der Waals surface area contributed by atoms with Gasteiger partial charge in [0.05, 0.1) is 4.90 Å². The fraction of sp³-hybridized carbons (Fsp3) is 0.538. The summed E-state index contributed by atoms with van der Waals surface area (Å²) in [6.07, 6.45) is 0.559. The van der Waals surface area contributed by atoms with Gasteiger partial charge in [-0.05, 0) is 30.4 Å². The topological polar surface area (TPSA) is 66.4 Å². The van der Waals surface area contributed by atoms with Crippen LogP contribution in [0.4, 0.5) is 0 Å². The molecule has 0 spiro atoms. The maximum absolute atomic E-state index is 12.1. The molecule has 2 N–H and O–H groups in total. The van der Waals surface area contributed by atoms with Crippen LogP contribution < -0.4 is 4.72 Å². The van der Waals surface area contributed by atoms with E-state index in [1.807, 2.05) is 19.9 Å². The van der Waals surface area contributed by atoms with Crippen LogP contribution in [0.25, 0.3) is 0 Å². The molecule has 0 amide bonds. The summed E-state index contributed by atoms with van der Waals surface area (Å²) in [6, 6.07) is 6.88. The third-order valence-corrected chi connectivity index (χ3v) is 4.47. The second kappa shape index (κ2) is 5.82. The van der Waals surface area contributed by atoms with Gasteiger partial charge in [0.1, 0.15) is 0 Å². The van der Waals surface area contributed by atoms with Crippen molar-refractivity contribution in [3.8, 4) is 0 Å². The largest absolute Gasteiger partial charge is 0.396 e. The predicted molar refractivity (Wildman–Crippen MR) is 71.9 cm³/mol. The Kier molecular flexibility index (Phi) is 4.90. The number of hydrogen-bond acceptors (Lipinski definition) is 3. The molecule has 102 valence electrons. The molecule has 0 saturated heterocycles. The second-order valence-corrected chi connectivity index (χ2v) is 6.96. The SMILES string of the molecule is Cc1ccccc1S(=O)(=O)NCC(C)(C)CCO. The zero-order valence-electron chi connectivity index (χ0n) is 11.1. The number of aliphatic hydroxyl groups excluding tert-OH is 1. The van der Waals surface area contributed by atoms with E-state index in [1.165, 1.54) is 0 Å². The summed E-state index contributed by atoms with van der Waals surface area (Å²) in [7, 11) is -3.47. The van der Waals surface area contributed by atoms with Crippen molar-refractivity contribution in [2.24, 2.45) is 5.41 Å². The number of nitrogens with one attached hydrogen (secondary N) is 1. The summed E-state index contributed by atoms with van der Waals surface area (Å²) in [5.74, 6) is 0. The number of benzene rings is 1. The minimum Gasteiger partial charge on any atom is -0.396 e. The van der Waals surface area contributed by atoms with Crippen LogP contribution in [0.2, 0.25) is 0 Å². The lowest BCUT2D eigenvalue weighted by Crippen LogP contribution is -2.34. The first-order chi connectivity index (χ1) is 8.28. The molecule has 0 aliphatic rings. The van der Waals surface area contributed by atoms with Gasteiger partial charge in [0.2, 0.25) is 10.0 Å². The van der Waals surface area contributed by atoms with Gasteiger partial charge in [-0.1, -0.05) is 32.0 Å². The van der Waals surface area contributed by atoms with E-state index in [2.05, 4.69) is 4.72 Å². The molecule has 18 heavy (non-hydrogen) atoms. The highest BCUT2D eigenvalue weighted by molar-refractivity contribution is 7.89. The van der Waals surface area contributed by atoms with Crippen LogP contribution in [0.5, 0.6) is 0 Å². The summed E-state index contributed by atoms with van der Waals surface area (Å²) in [4.78, 5) is 0.310. The summed E-state index contributed by atoms with van der Waals surface area (Å²) in [6.45, 7) is 5.98. The Labute approximate surface area is 109 Å². The Hall–Kier alpha value is -0.910. The van der Waals surface area contributed by atoms with Gasteiger partial charge in [-0.2, -0.15) is 0 Å². The van der Waals surface area contributed by atoms with Crippen molar-refractivity contribution in [1.29, 1.82) is 0 Å². The van der Waals surface area contributed by atoms with Crippen LogP contribution in [-0.2, 0) is 10.0 Å². The van der Waals surface area contributed by atoms with Crippen LogP contribution in [0.3, 0.4) is 0 Å². The molecule has 0 aliphatic carbocycles. The molecule has 0 bridgehead atoms. The lowest BCUT2D eigenvalue weighted by molar-refractivity contribution is 0.213. The molecule has 0 atom stereocenters. The molecule has 5 heteroatoms. The monoisotopic (exact) mass is 271 g/mol. The lowest BCUT2D eigenvalue weighted by Gasteiger charge is -2.24. The van der Waals surface area contributed by atoms with E-state index >= 15 is 0 Å². The molecule has 1 aromatic carbocycles. The zero-order chi connectivity index (χ0) is 13.8. The number of sulfonamides is 1. The van der Waals surface area contributed by atoms with Crippen molar-refractivity contribution >= 4 is 10.0 Å². The molecule has 1 rings (SSSR count). The predicted octanol–water partition coefficient (Wildman–Crippen LogP) is 1.68. The third kappa shape index (κ3) is 4.08. The van der Waals surface area contributed by atoms with E-state index in [0.29, 0.717) is 17.9 Å². The molecule has 1 aromatic rings. The van der Waals surface area contributed by atoms with Crippen LogP contribution in [0, 0.1) is 12.3 Å². The van der Waals surface area contributed by atoms with Gasteiger partial charge in [0.25, 0.3) is 0 Å². The Morgan fingerprint density at radius 2 is 1.89 bits per heavy atom. The van der Waals surface area contributed by atoms with Crippen molar-refractivity contribution in [2.75, 3.05) is 13.2 Å². The summed E-state index contributed by atoms with van der Waals surface area (Å²) < 4.78 is 26.9. The Bertz CT molecular complexity index is 495. The highest BCUT2D eigenvalue weighted by atomic mass is 32.2. The molecular formula is C13H21NO3S. The average molecular weight is 271 g/mol. The van der Waals surface area contributed by atoms with Gasteiger partial charge in [-0.3, -0.25) is 0 Å². The summed E-state index contributed by atoms with van der Waals surface area (Å²) in [5, 5.41) is 8.92. The first-order valence-corrected chi connectivity index (χ1v) is 7.43. The molecule has 0 fully saturated rings. The van der Waals surface area contributed by atoms with E-state index in [-0.39, 0.29) is 12.0 Å². The zero-order valence-corrected chi connectivity index (χ0v) is 11.9. The smallest absolute Gasteiger partial charge is 0.240 e. The van der Waals surface area contributed by atoms with Gasteiger partial charge < -0.3 is 5.11 Å².